The lowest BCUT2D eigenvalue weighted by Crippen LogP contribution is -2.32. The molecule has 5 heteroatoms. The third kappa shape index (κ3) is 3.71. The van der Waals surface area contributed by atoms with Crippen LogP contribution in [0.15, 0.2) is 12.4 Å². The number of amides is 1. The first-order valence-corrected chi connectivity index (χ1v) is 5.14. The molecular weight excluding hydrogens is 194 g/mol. The van der Waals surface area contributed by atoms with Crippen molar-refractivity contribution >= 4 is 5.91 Å². The fourth-order valence-corrected chi connectivity index (χ4v) is 1.26. The van der Waals surface area contributed by atoms with Crippen molar-refractivity contribution < 1.29 is 9.53 Å². The number of carbonyl (C=O) groups is 1. The maximum atomic E-state index is 11.4. The van der Waals surface area contributed by atoms with Crippen LogP contribution in [0, 0.1) is 0 Å². The van der Waals surface area contributed by atoms with E-state index >= 15 is 0 Å². The maximum Gasteiger partial charge on any atom is 0.246 e. The number of imidazole rings is 1. The lowest BCUT2D eigenvalue weighted by atomic mass is 10.2. The fourth-order valence-electron chi connectivity index (χ4n) is 1.26. The van der Waals surface area contributed by atoms with Crippen molar-refractivity contribution in [3.8, 4) is 0 Å². The van der Waals surface area contributed by atoms with E-state index in [2.05, 4.69) is 15.3 Å². The van der Waals surface area contributed by atoms with Crippen LogP contribution in [0.3, 0.4) is 0 Å². The summed E-state index contributed by atoms with van der Waals surface area (Å²) in [4.78, 5) is 18.5. The summed E-state index contributed by atoms with van der Waals surface area (Å²) in [6.07, 6.45) is 4.21. The van der Waals surface area contributed by atoms with Crippen molar-refractivity contribution in [2.24, 2.45) is 0 Å². The van der Waals surface area contributed by atoms with Crippen LogP contribution in [-0.4, -0.2) is 29.1 Å². The van der Waals surface area contributed by atoms with Gasteiger partial charge in [0.15, 0.2) is 0 Å². The van der Waals surface area contributed by atoms with E-state index in [9.17, 15) is 4.79 Å². The van der Waals surface area contributed by atoms with Crippen molar-refractivity contribution in [1.29, 1.82) is 0 Å². The van der Waals surface area contributed by atoms with Crippen LogP contribution in [0.2, 0.25) is 0 Å². The molecule has 0 spiro atoms. The van der Waals surface area contributed by atoms with E-state index in [1.54, 1.807) is 12.4 Å². The van der Waals surface area contributed by atoms with E-state index in [0.29, 0.717) is 6.61 Å². The number of hydrogen-bond acceptors (Lipinski definition) is 3. The van der Waals surface area contributed by atoms with Crippen LogP contribution in [0.5, 0.6) is 0 Å². The maximum absolute atomic E-state index is 11.4. The Bertz CT molecular complexity index is 285. The van der Waals surface area contributed by atoms with Crippen LogP contribution < -0.4 is 5.32 Å². The largest absolute Gasteiger partial charge is 0.372 e. The highest BCUT2D eigenvalue weighted by molar-refractivity contribution is 5.77. The Balaban J connectivity index is 2.44. The average Bonchev–Trinajstić information content (AvgIpc) is 2.76. The van der Waals surface area contributed by atoms with Crippen LogP contribution in [0.1, 0.15) is 32.1 Å². The van der Waals surface area contributed by atoms with Crippen LogP contribution in [0.4, 0.5) is 0 Å². The standard InChI is InChI=1S/C10H17N3O2/c1-3-8(10-11-5-6-12-10)13-9(14)7-15-4-2/h5-6,8H,3-4,7H2,1-2H3,(H,11,12)(H,13,14). The molecule has 0 radical (unpaired) electrons. The molecule has 1 aromatic rings. The zero-order valence-electron chi connectivity index (χ0n) is 9.12. The van der Waals surface area contributed by atoms with Crippen LogP contribution in [-0.2, 0) is 9.53 Å². The van der Waals surface area contributed by atoms with E-state index in [1.807, 2.05) is 13.8 Å². The first-order valence-electron chi connectivity index (χ1n) is 5.14. The Morgan fingerprint density at radius 1 is 1.67 bits per heavy atom. The van der Waals surface area contributed by atoms with Gasteiger partial charge in [0, 0.05) is 19.0 Å². The van der Waals surface area contributed by atoms with Gasteiger partial charge in [-0.05, 0) is 13.3 Å². The van der Waals surface area contributed by atoms with Gasteiger partial charge in [0.2, 0.25) is 5.91 Å². The van der Waals surface area contributed by atoms with Gasteiger partial charge in [-0.3, -0.25) is 4.79 Å². The third-order valence-corrected chi connectivity index (χ3v) is 2.03. The number of nitrogens with zero attached hydrogens (tertiary/aromatic N) is 1. The van der Waals surface area contributed by atoms with Gasteiger partial charge in [-0.1, -0.05) is 6.92 Å². The van der Waals surface area contributed by atoms with Crippen molar-refractivity contribution in [2.45, 2.75) is 26.3 Å². The first-order chi connectivity index (χ1) is 7.27. The highest BCUT2D eigenvalue weighted by Gasteiger charge is 2.14. The highest BCUT2D eigenvalue weighted by Crippen LogP contribution is 2.10. The minimum absolute atomic E-state index is 0.0621. The number of ether oxygens (including phenoxy) is 1. The number of aromatic nitrogens is 2. The fraction of sp³-hybridized carbons (Fsp3) is 0.600. The molecule has 1 heterocycles. The van der Waals surface area contributed by atoms with Crippen molar-refractivity contribution in [3.05, 3.63) is 18.2 Å². The zero-order chi connectivity index (χ0) is 11.1. The second kappa shape index (κ2) is 6.19. The summed E-state index contributed by atoms with van der Waals surface area (Å²) in [5, 5.41) is 2.85. The van der Waals surface area contributed by atoms with Crippen molar-refractivity contribution in [2.75, 3.05) is 13.2 Å². The molecular formula is C10H17N3O2. The monoisotopic (exact) mass is 211 g/mol. The molecule has 0 saturated heterocycles. The van der Waals surface area contributed by atoms with Crippen molar-refractivity contribution in [1.82, 2.24) is 15.3 Å². The summed E-state index contributed by atoms with van der Waals surface area (Å²) < 4.78 is 5.02. The summed E-state index contributed by atoms with van der Waals surface area (Å²) in [6.45, 7) is 4.50. The third-order valence-electron chi connectivity index (χ3n) is 2.03. The molecule has 5 nitrogen and oxygen atoms in total. The Hall–Kier alpha value is -1.36. The molecule has 1 amide bonds. The number of H-pyrrole nitrogens is 1. The zero-order valence-corrected chi connectivity index (χ0v) is 9.12. The molecule has 0 bridgehead atoms. The van der Waals surface area contributed by atoms with Gasteiger partial charge in [0.1, 0.15) is 12.4 Å². The van der Waals surface area contributed by atoms with Gasteiger partial charge in [-0.25, -0.2) is 4.98 Å². The van der Waals surface area contributed by atoms with E-state index in [-0.39, 0.29) is 18.6 Å². The number of carbonyl (C=O) groups excluding carboxylic acids is 1. The quantitative estimate of drug-likeness (QED) is 0.738. The topological polar surface area (TPSA) is 67.0 Å². The molecule has 15 heavy (non-hydrogen) atoms. The Kier molecular flexibility index (Phi) is 4.83. The van der Waals surface area contributed by atoms with Gasteiger partial charge in [-0.2, -0.15) is 0 Å². The number of aromatic amines is 1. The summed E-state index contributed by atoms with van der Waals surface area (Å²) in [7, 11) is 0. The molecule has 0 aromatic carbocycles. The Morgan fingerprint density at radius 3 is 3.00 bits per heavy atom. The second-order valence-electron chi connectivity index (χ2n) is 3.14. The molecule has 2 N–H and O–H groups in total. The summed E-state index contributed by atoms with van der Waals surface area (Å²) in [5.74, 6) is 0.669. The molecule has 0 aliphatic heterocycles. The van der Waals surface area contributed by atoms with Crippen LogP contribution >= 0.6 is 0 Å². The van der Waals surface area contributed by atoms with Crippen LogP contribution in [0.25, 0.3) is 0 Å². The predicted octanol–water partition coefficient (Wildman–Crippen LogP) is 1.01. The molecule has 1 atom stereocenters. The summed E-state index contributed by atoms with van der Waals surface area (Å²) in [5.41, 5.74) is 0. The van der Waals surface area contributed by atoms with E-state index in [1.165, 1.54) is 0 Å². The second-order valence-corrected chi connectivity index (χ2v) is 3.14. The minimum Gasteiger partial charge on any atom is -0.372 e. The predicted molar refractivity (Wildman–Crippen MR) is 56.3 cm³/mol. The molecule has 0 saturated carbocycles. The lowest BCUT2D eigenvalue weighted by molar-refractivity contribution is -0.126. The van der Waals surface area contributed by atoms with E-state index in [4.69, 9.17) is 4.74 Å². The molecule has 0 aliphatic carbocycles. The highest BCUT2D eigenvalue weighted by atomic mass is 16.5. The minimum atomic E-state index is -0.111. The molecule has 0 fully saturated rings. The average molecular weight is 211 g/mol. The smallest absolute Gasteiger partial charge is 0.246 e. The number of hydrogen-bond donors (Lipinski definition) is 2. The summed E-state index contributed by atoms with van der Waals surface area (Å²) in [6, 6.07) is -0.0621. The first kappa shape index (κ1) is 11.7. The molecule has 0 aliphatic rings. The molecule has 1 rings (SSSR count). The van der Waals surface area contributed by atoms with E-state index < -0.39 is 0 Å². The van der Waals surface area contributed by atoms with Gasteiger partial charge < -0.3 is 15.0 Å². The lowest BCUT2D eigenvalue weighted by Gasteiger charge is -2.14. The van der Waals surface area contributed by atoms with Gasteiger partial charge in [0.05, 0.1) is 6.04 Å². The van der Waals surface area contributed by atoms with Crippen molar-refractivity contribution in [3.63, 3.8) is 0 Å². The normalized spacial score (nSPS) is 12.4. The molecule has 1 unspecified atom stereocenters. The number of nitrogens with one attached hydrogen (secondary N) is 2. The van der Waals surface area contributed by atoms with Gasteiger partial charge in [0.25, 0.3) is 0 Å². The SMILES string of the molecule is CCOCC(=O)NC(CC)c1ncc[nH]1. The van der Waals surface area contributed by atoms with Gasteiger partial charge in [-0.15, -0.1) is 0 Å². The molecule has 84 valence electrons. The van der Waals surface area contributed by atoms with E-state index in [0.717, 1.165) is 12.2 Å². The summed E-state index contributed by atoms with van der Waals surface area (Å²) >= 11 is 0. The number of rotatable bonds is 6. The van der Waals surface area contributed by atoms with Gasteiger partial charge >= 0.3 is 0 Å². The Morgan fingerprint density at radius 2 is 2.47 bits per heavy atom. The Labute approximate surface area is 89.2 Å². The molecule has 1 aromatic heterocycles.